The van der Waals surface area contributed by atoms with E-state index in [0.717, 1.165) is 41.5 Å². The van der Waals surface area contributed by atoms with Gasteiger partial charge in [0.1, 0.15) is 4.32 Å². The van der Waals surface area contributed by atoms with Crippen LogP contribution in [0.5, 0.6) is 0 Å². The average molecular weight is 419 g/mol. The predicted octanol–water partition coefficient (Wildman–Crippen LogP) is 3.04. The van der Waals surface area contributed by atoms with Crippen LogP contribution in [0.2, 0.25) is 0 Å². The Morgan fingerprint density at radius 2 is 2.09 bits per heavy atom. The van der Waals surface area contributed by atoms with E-state index in [9.17, 15) is 4.79 Å². The zero-order valence-electron chi connectivity index (χ0n) is 11.8. The number of carbonyl (C=O) groups is 1. The van der Waals surface area contributed by atoms with Crippen molar-refractivity contribution in [1.82, 2.24) is 9.80 Å². The molecule has 0 atom stereocenters. The van der Waals surface area contributed by atoms with Gasteiger partial charge >= 0.3 is 0 Å². The van der Waals surface area contributed by atoms with Gasteiger partial charge in [0, 0.05) is 31.1 Å². The fraction of sp³-hybridized carbons (Fsp3) is 0.429. The Kier molecular flexibility index (Phi) is 5.69. The van der Waals surface area contributed by atoms with E-state index in [2.05, 4.69) is 20.8 Å². The second kappa shape index (κ2) is 7.55. The zero-order chi connectivity index (χ0) is 15.5. The molecule has 22 heavy (non-hydrogen) atoms. The van der Waals surface area contributed by atoms with Crippen LogP contribution in [0.25, 0.3) is 6.08 Å². The quantitative estimate of drug-likeness (QED) is 0.554. The van der Waals surface area contributed by atoms with Crippen molar-refractivity contribution in [2.24, 2.45) is 0 Å². The summed E-state index contributed by atoms with van der Waals surface area (Å²) in [5, 5.41) is 0. The third-order valence-corrected chi connectivity index (χ3v) is 6.43. The highest BCUT2D eigenvalue weighted by Crippen LogP contribution is 2.34. The summed E-state index contributed by atoms with van der Waals surface area (Å²) in [5.74, 6) is 0.0211. The van der Waals surface area contributed by atoms with Crippen LogP contribution in [0.15, 0.2) is 20.8 Å². The lowest BCUT2D eigenvalue weighted by Gasteiger charge is -2.28. The molecule has 4 nitrogen and oxygen atoms in total. The largest absolute Gasteiger partial charge is 0.379 e. The normalized spacial score (nSPS) is 22.0. The maximum absolute atomic E-state index is 12.5. The van der Waals surface area contributed by atoms with Crippen LogP contribution in [-0.2, 0) is 9.53 Å². The van der Waals surface area contributed by atoms with E-state index in [1.165, 1.54) is 11.8 Å². The summed E-state index contributed by atoms with van der Waals surface area (Å²) >= 11 is 11.8. The highest BCUT2D eigenvalue weighted by Gasteiger charge is 2.32. The van der Waals surface area contributed by atoms with E-state index in [1.54, 1.807) is 16.2 Å². The molecule has 0 N–H and O–H groups in total. The smallest absolute Gasteiger partial charge is 0.266 e. The molecule has 3 heterocycles. The molecule has 0 radical (unpaired) electrons. The lowest BCUT2D eigenvalue weighted by molar-refractivity contribution is -0.122. The number of nitrogens with zero attached hydrogens (tertiary/aromatic N) is 2. The van der Waals surface area contributed by atoms with Crippen LogP contribution in [0, 0.1) is 0 Å². The molecule has 2 aliphatic rings. The van der Waals surface area contributed by atoms with Crippen molar-refractivity contribution in [3.63, 3.8) is 0 Å². The highest BCUT2D eigenvalue weighted by atomic mass is 79.9. The van der Waals surface area contributed by atoms with Gasteiger partial charge in [-0.25, -0.2) is 0 Å². The van der Waals surface area contributed by atoms with Crippen LogP contribution in [0.4, 0.5) is 0 Å². The summed E-state index contributed by atoms with van der Waals surface area (Å²) in [7, 11) is 0. The van der Waals surface area contributed by atoms with Gasteiger partial charge in [0.2, 0.25) is 0 Å². The predicted molar refractivity (Wildman–Crippen MR) is 99.2 cm³/mol. The number of rotatable bonds is 4. The van der Waals surface area contributed by atoms with Gasteiger partial charge in [-0.15, -0.1) is 11.3 Å². The summed E-state index contributed by atoms with van der Waals surface area (Å²) < 4.78 is 7.05. The van der Waals surface area contributed by atoms with E-state index in [1.807, 2.05) is 18.2 Å². The number of hydrogen-bond acceptors (Lipinski definition) is 6. The number of hydrogen-bond donors (Lipinski definition) is 0. The summed E-state index contributed by atoms with van der Waals surface area (Å²) in [4.78, 5) is 18.3. The van der Waals surface area contributed by atoms with E-state index in [4.69, 9.17) is 17.0 Å². The van der Waals surface area contributed by atoms with Crippen LogP contribution >= 0.6 is 51.2 Å². The minimum Gasteiger partial charge on any atom is -0.379 e. The third-order valence-electron chi connectivity index (χ3n) is 3.48. The molecule has 1 amide bonds. The van der Waals surface area contributed by atoms with Gasteiger partial charge in [-0.3, -0.25) is 14.6 Å². The second-order valence-corrected chi connectivity index (χ2v) is 9.10. The maximum atomic E-state index is 12.5. The van der Waals surface area contributed by atoms with E-state index in [-0.39, 0.29) is 5.91 Å². The number of morpholine rings is 1. The average Bonchev–Trinajstić information content (AvgIpc) is 3.03. The number of thioether (sulfide) groups is 1. The van der Waals surface area contributed by atoms with Crippen molar-refractivity contribution < 1.29 is 9.53 Å². The molecule has 0 aromatic carbocycles. The topological polar surface area (TPSA) is 32.8 Å². The lowest BCUT2D eigenvalue weighted by Crippen LogP contribution is -2.42. The minimum atomic E-state index is 0.0211. The Labute approximate surface area is 151 Å². The molecule has 8 heteroatoms. The van der Waals surface area contributed by atoms with E-state index in [0.29, 0.717) is 15.8 Å². The fourth-order valence-corrected chi connectivity index (χ4v) is 5.04. The summed E-state index contributed by atoms with van der Waals surface area (Å²) in [6, 6.07) is 3.98. The van der Waals surface area contributed by atoms with Crippen molar-refractivity contribution in [3.8, 4) is 0 Å². The minimum absolute atomic E-state index is 0.0211. The van der Waals surface area contributed by atoms with Gasteiger partial charge in [0.05, 0.1) is 21.9 Å². The molecule has 118 valence electrons. The Morgan fingerprint density at radius 3 is 2.77 bits per heavy atom. The summed E-state index contributed by atoms with van der Waals surface area (Å²) in [5.41, 5.74) is 0. The Balaban J connectivity index is 1.62. The highest BCUT2D eigenvalue weighted by molar-refractivity contribution is 9.11. The van der Waals surface area contributed by atoms with Crippen molar-refractivity contribution in [3.05, 3.63) is 25.7 Å². The van der Waals surface area contributed by atoms with Gasteiger partial charge in [-0.2, -0.15) is 0 Å². The first-order chi connectivity index (χ1) is 10.6. The van der Waals surface area contributed by atoms with Crippen molar-refractivity contribution in [1.29, 1.82) is 0 Å². The molecule has 2 aliphatic heterocycles. The Bertz CT molecular complexity index is 611. The first-order valence-electron chi connectivity index (χ1n) is 6.94. The maximum Gasteiger partial charge on any atom is 0.266 e. The number of amides is 1. The van der Waals surface area contributed by atoms with E-state index >= 15 is 0 Å². The molecular weight excluding hydrogens is 404 g/mol. The second-order valence-electron chi connectivity index (χ2n) is 4.93. The molecular formula is C14H15BrN2O2S3. The zero-order valence-corrected chi connectivity index (χ0v) is 15.8. The van der Waals surface area contributed by atoms with Crippen LogP contribution < -0.4 is 0 Å². The monoisotopic (exact) mass is 418 g/mol. The number of thiophene rings is 1. The molecule has 0 spiro atoms. The number of ether oxygens (including phenoxy) is 1. The lowest BCUT2D eigenvalue weighted by atomic mass is 10.3. The fourth-order valence-electron chi connectivity index (χ4n) is 2.29. The van der Waals surface area contributed by atoms with Gasteiger partial charge in [-0.05, 0) is 34.1 Å². The van der Waals surface area contributed by atoms with Gasteiger partial charge in [-0.1, -0.05) is 24.0 Å². The number of carbonyl (C=O) groups excluding carboxylic acids is 1. The molecule has 0 unspecified atom stereocenters. The number of halogens is 1. The Hall–Kier alpha value is -0.250. The molecule has 0 saturated carbocycles. The molecule has 2 fully saturated rings. The van der Waals surface area contributed by atoms with Crippen LogP contribution in [0.1, 0.15) is 4.88 Å². The molecule has 0 bridgehead atoms. The molecule has 3 rings (SSSR count). The van der Waals surface area contributed by atoms with Gasteiger partial charge < -0.3 is 4.74 Å². The van der Waals surface area contributed by atoms with Crippen molar-refractivity contribution in [2.75, 3.05) is 39.4 Å². The summed E-state index contributed by atoms with van der Waals surface area (Å²) in [6.07, 6.45) is 1.92. The third kappa shape index (κ3) is 3.98. The standard InChI is InChI=1S/C14H15BrN2O2S3/c15-12-2-1-10(21-12)9-11-13(18)17(14(20)22-11)4-3-16-5-7-19-8-6-16/h1-2,9H,3-8H2. The summed E-state index contributed by atoms with van der Waals surface area (Å²) in [6.45, 7) is 4.88. The Morgan fingerprint density at radius 1 is 1.32 bits per heavy atom. The van der Waals surface area contributed by atoms with Gasteiger partial charge in [0.15, 0.2) is 0 Å². The molecule has 1 aromatic rings. The van der Waals surface area contributed by atoms with Gasteiger partial charge in [0.25, 0.3) is 5.91 Å². The van der Waals surface area contributed by atoms with Crippen molar-refractivity contribution in [2.45, 2.75) is 0 Å². The first-order valence-corrected chi connectivity index (χ1v) is 9.78. The SMILES string of the molecule is O=C1C(=Cc2ccc(Br)s2)SC(=S)N1CCN1CCOCC1. The van der Waals surface area contributed by atoms with Crippen LogP contribution in [-0.4, -0.2) is 59.4 Å². The van der Waals surface area contributed by atoms with Crippen molar-refractivity contribution >= 4 is 67.6 Å². The molecule has 2 saturated heterocycles. The first kappa shape index (κ1) is 16.6. The molecule has 1 aromatic heterocycles. The number of thiocarbonyl (C=S) groups is 1. The van der Waals surface area contributed by atoms with Crippen LogP contribution in [0.3, 0.4) is 0 Å². The van der Waals surface area contributed by atoms with E-state index < -0.39 is 0 Å². The molecule has 0 aliphatic carbocycles.